The van der Waals surface area contributed by atoms with Crippen LogP contribution in [0.4, 0.5) is 0 Å². The number of rotatable bonds is 7. The highest BCUT2D eigenvalue weighted by Crippen LogP contribution is 2.22. The lowest BCUT2D eigenvalue weighted by Crippen LogP contribution is -2.43. The summed E-state index contributed by atoms with van der Waals surface area (Å²) in [5.74, 6) is 0.313. The van der Waals surface area contributed by atoms with E-state index in [4.69, 9.17) is 9.72 Å². The number of amides is 1. The molecular formula is C21H29N3O3S. The van der Waals surface area contributed by atoms with Gasteiger partial charge >= 0.3 is 0 Å². The summed E-state index contributed by atoms with van der Waals surface area (Å²) in [7, 11) is 0. The van der Waals surface area contributed by atoms with Crippen molar-refractivity contribution in [3.63, 3.8) is 0 Å². The third kappa shape index (κ3) is 4.58. The summed E-state index contributed by atoms with van der Waals surface area (Å²) in [6, 6.07) is 7.63. The van der Waals surface area contributed by atoms with E-state index in [9.17, 15) is 9.59 Å². The predicted molar refractivity (Wildman–Crippen MR) is 113 cm³/mol. The Labute approximate surface area is 170 Å². The molecule has 152 valence electrons. The van der Waals surface area contributed by atoms with Crippen molar-refractivity contribution in [1.29, 1.82) is 0 Å². The second kappa shape index (κ2) is 9.09. The van der Waals surface area contributed by atoms with Crippen LogP contribution in [0.1, 0.15) is 40.5 Å². The maximum absolute atomic E-state index is 13.1. The van der Waals surface area contributed by atoms with Crippen LogP contribution >= 0.6 is 11.8 Å². The summed E-state index contributed by atoms with van der Waals surface area (Å²) < 4.78 is 7.42. The van der Waals surface area contributed by atoms with E-state index in [1.165, 1.54) is 11.8 Å². The maximum Gasteiger partial charge on any atom is 0.262 e. The Morgan fingerprint density at radius 2 is 2.00 bits per heavy atom. The Bertz CT molecular complexity index is 880. The third-order valence-electron chi connectivity index (χ3n) is 4.96. The molecule has 3 rings (SSSR count). The minimum Gasteiger partial charge on any atom is -0.376 e. The first-order chi connectivity index (χ1) is 13.4. The summed E-state index contributed by atoms with van der Waals surface area (Å²) in [4.78, 5) is 32.4. The van der Waals surface area contributed by atoms with Crippen LogP contribution in [0, 0.1) is 0 Å². The van der Waals surface area contributed by atoms with Crippen molar-refractivity contribution in [1.82, 2.24) is 14.5 Å². The number of carbonyl (C=O) groups is 1. The molecule has 0 radical (unpaired) electrons. The number of ether oxygens (including phenoxy) is 1. The Kier molecular flexibility index (Phi) is 6.78. The van der Waals surface area contributed by atoms with Crippen molar-refractivity contribution in [3.05, 3.63) is 34.6 Å². The number of carbonyl (C=O) groups excluding carboxylic acids is 1. The van der Waals surface area contributed by atoms with Gasteiger partial charge in [0.1, 0.15) is 0 Å². The fraction of sp³-hybridized carbons (Fsp3) is 0.571. The van der Waals surface area contributed by atoms with Crippen LogP contribution in [-0.2, 0) is 16.1 Å². The highest BCUT2D eigenvalue weighted by atomic mass is 32.2. The number of fused-ring (bicyclic) bond motifs is 1. The third-order valence-corrected chi connectivity index (χ3v) is 5.92. The molecule has 1 aromatic heterocycles. The zero-order chi connectivity index (χ0) is 20.3. The van der Waals surface area contributed by atoms with E-state index < -0.39 is 0 Å². The molecule has 1 aliphatic heterocycles. The molecule has 0 saturated carbocycles. The molecule has 6 nitrogen and oxygen atoms in total. The van der Waals surface area contributed by atoms with E-state index >= 15 is 0 Å². The van der Waals surface area contributed by atoms with Gasteiger partial charge in [0.2, 0.25) is 5.91 Å². The summed E-state index contributed by atoms with van der Waals surface area (Å²) in [6.45, 7) is 9.28. The first kappa shape index (κ1) is 20.9. The van der Waals surface area contributed by atoms with Crippen LogP contribution in [0.15, 0.2) is 34.2 Å². The van der Waals surface area contributed by atoms with E-state index in [1.54, 1.807) is 10.6 Å². The van der Waals surface area contributed by atoms with Crippen molar-refractivity contribution in [2.45, 2.75) is 70.4 Å². The smallest absolute Gasteiger partial charge is 0.262 e. The topological polar surface area (TPSA) is 64.4 Å². The van der Waals surface area contributed by atoms with Gasteiger partial charge in [-0.3, -0.25) is 14.2 Å². The molecule has 7 heteroatoms. The van der Waals surface area contributed by atoms with Crippen LogP contribution in [0.2, 0.25) is 0 Å². The molecule has 1 aliphatic rings. The minimum absolute atomic E-state index is 0.0264. The number of aromatic nitrogens is 2. The molecule has 0 aliphatic carbocycles. The molecule has 0 spiro atoms. The molecule has 2 aromatic rings. The first-order valence-corrected chi connectivity index (χ1v) is 10.9. The molecule has 1 fully saturated rings. The summed E-state index contributed by atoms with van der Waals surface area (Å²) >= 11 is 1.34. The molecule has 0 bridgehead atoms. The lowest BCUT2D eigenvalue weighted by Gasteiger charge is -2.30. The van der Waals surface area contributed by atoms with Gasteiger partial charge in [0.05, 0.1) is 29.3 Å². The van der Waals surface area contributed by atoms with Crippen molar-refractivity contribution in [3.8, 4) is 0 Å². The molecule has 2 heterocycles. The molecule has 0 unspecified atom stereocenters. The van der Waals surface area contributed by atoms with E-state index in [-0.39, 0.29) is 35.4 Å². The normalized spacial score (nSPS) is 17.0. The van der Waals surface area contributed by atoms with Gasteiger partial charge in [-0.2, -0.15) is 0 Å². The summed E-state index contributed by atoms with van der Waals surface area (Å²) in [5.41, 5.74) is 0.594. The van der Waals surface area contributed by atoms with E-state index in [2.05, 4.69) is 0 Å². The van der Waals surface area contributed by atoms with Crippen LogP contribution < -0.4 is 5.56 Å². The molecule has 28 heavy (non-hydrogen) atoms. The summed E-state index contributed by atoms with van der Waals surface area (Å²) in [5, 5.41) is 1.18. The number of benzene rings is 1. The molecule has 1 atom stereocenters. The zero-order valence-electron chi connectivity index (χ0n) is 17.1. The van der Waals surface area contributed by atoms with Gasteiger partial charge in [0.25, 0.3) is 5.56 Å². The second-order valence-electron chi connectivity index (χ2n) is 7.74. The quantitative estimate of drug-likeness (QED) is 0.524. The SMILES string of the molecule is CC(C)N(C(=O)CSc1nc2ccccc2c(=O)n1C[C@@H]1CCCO1)C(C)C. The fourth-order valence-electron chi connectivity index (χ4n) is 3.78. The van der Waals surface area contributed by atoms with Gasteiger partial charge in [0.15, 0.2) is 5.16 Å². The van der Waals surface area contributed by atoms with Gasteiger partial charge in [0, 0.05) is 18.7 Å². The van der Waals surface area contributed by atoms with Crippen LogP contribution in [0.3, 0.4) is 0 Å². The van der Waals surface area contributed by atoms with Crippen LogP contribution in [0.5, 0.6) is 0 Å². The molecule has 1 amide bonds. The predicted octanol–water partition coefficient (Wildman–Crippen LogP) is 3.31. The van der Waals surface area contributed by atoms with Crippen molar-refractivity contribution in [2.75, 3.05) is 12.4 Å². The zero-order valence-corrected chi connectivity index (χ0v) is 17.9. The van der Waals surface area contributed by atoms with E-state index in [0.717, 1.165) is 19.4 Å². The fourth-order valence-corrected chi connectivity index (χ4v) is 4.66. The van der Waals surface area contributed by atoms with E-state index in [0.29, 0.717) is 22.6 Å². The van der Waals surface area contributed by atoms with E-state index in [1.807, 2.05) is 50.8 Å². The standard InChI is InChI=1S/C21H29N3O3S/c1-14(2)24(15(3)4)19(25)13-28-21-22-18-10-6-5-9-17(18)20(26)23(21)12-16-8-7-11-27-16/h5-6,9-10,14-16H,7-8,11-13H2,1-4H3/t16-/m0/s1. The van der Waals surface area contributed by atoms with Gasteiger partial charge in [-0.1, -0.05) is 23.9 Å². The second-order valence-corrected chi connectivity index (χ2v) is 8.68. The number of nitrogens with zero attached hydrogens (tertiary/aromatic N) is 3. The monoisotopic (exact) mass is 403 g/mol. The van der Waals surface area contributed by atoms with Gasteiger partial charge in [-0.25, -0.2) is 4.98 Å². The molecular weight excluding hydrogens is 374 g/mol. The Balaban J connectivity index is 1.90. The number of para-hydroxylation sites is 1. The number of thioether (sulfide) groups is 1. The lowest BCUT2D eigenvalue weighted by atomic mass is 10.2. The van der Waals surface area contributed by atoms with Crippen molar-refractivity contribution >= 4 is 28.6 Å². The van der Waals surface area contributed by atoms with Crippen LogP contribution in [-0.4, -0.2) is 50.9 Å². The Morgan fingerprint density at radius 3 is 2.64 bits per heavy atom. The minimum atomic E-state index is -0.0689. The highest BCUT2D eigenvalue weighted by Gasteiger charge is 2.23. The van der Waals surface area contributed by atoms with Crippen LogP contribution in [0.25, 0.3) is 10.9 Å². The molecule has 1 aromatic carbocycles. The van der Waals surface area contributed by atoms with Crippen molar-refractivity contribution < 1.29 is 9.53 Å². The number of hydrogen-bond donors (Lipinski definition) is 0. The van der Waals surface area contributed by atoms with Gasteiger partial charge in [-0.05, 0) is 52.7 Å². The highest BCUT2D eigenvalue weighted by molar-refractivity contribution is 7.99. The maximum atomic E-state index is 13.1. The average molecular weight is 404 g/mol. The number of hydrogen-bond acceptors (Lipinski definition) is 5. The van der Waals surface area contributed by atoms with Gasteiger partial charge in [-0.15, -0.1) is 0 Å². The molecule has 0 N–H and O–H groups in total. The largest absolute Gasteiger partial charge is 0.376 e. The average Bonchev–Trinajstić information content (AvgIpc) is 3.15. The van der Waals surface area contributed by atoms with Gasteiger partial charge < -0.3 is 9.64 Å². The Hall–Kier alpha value is -1.86. The summed E-state index contributed by atoms with van der Waals surface area (Å²) in [6.07, 6.45) is 1.98. The Morgan fingerprint density at radius 1 is 1.29 bits per heavy atom. The first-order valence-electron chi connectivity index (χ1n) is 9.93. The lowest BCUT2D eigenvalue weighted by molar-refractivity contribution is -0.131. The molecule has 1 saturated heterocycles. The van der Waals surface area contributed by atoms with Crippen molar-refractivity contribution in [2.24, 2.45) is 0 Å².